The zero-order valence-electron chi connectivity index (χ0n) is 12.5. The molecule has 24 heavy (non-hydrogen) atoms. The number of fused-ring (bicyclic) bond motifs is 2. The number of ketones is 1. The minimum Gasteiger partial charge on any atom is -0.454 e. The predicted octanol–water partition coefficient (Wildman–Crippen LogP) is 2.46. The molecule has 0 bridgehead atoms. The fraction of sp³-hybridized carbons (Fsp3) is 0.111. The molecule has 0 amide bonds. The highest BCUT2D eigenvalue weighted by Crippen LogP contribution is 2.31. The van der Waals surface area contributed by atoms with Crippen molar-refractivity contribution in [2.45, 2.75) is 13.0 Å². The number of ether oxygens (including phenoxy) is 2. The molecule has 2 aliphatic rings. The Morgan fingerprint density at radius 2 is 1.46 bits per heavy atom. The highest BCUT2D eigenvalue weighted by atomic mass is 16.6. The van der Waals surface area contributed by atoms with Gasteiger partial charge in [-0.2, -0.15) is 0 Å². The molecule has 6 heteroatoms. The van der Waals surface area contributed by atoms with Gasteiger partial charge in [-0.1, -0.05) is 12.1 Å². The molecular weight excluding hydrogens is 312 g/mol. The second-order valence-electron chi connectivity index (χ2n) is 5.62. The van der Waals surface area contributed by atoms with Gasteiger partial charge in [0.1, 0.15) is 6.10 Å². The summed E-state index contributed by atoms with van der Waals surface area (Å²) in [5, 5.41) is 0. The van der Waals surface area contributed by atoms with E-state index in [-0.39, 0.29) is 22.5 Å². The Morgan fingerprint density at radius 3 is 2.21 bits per heavy atom. The molecule has 2 aromatic carbocycles. The summed E-state index contributed by atoms with van der Waals surface area (Å²) in [4.78, 5) is 47.4. The standard InChI is InChI=1S/C18H10O6/c1-8-13-6-9(2-4-11(13)16(20)23-8)15(19)10-3-5-12-14(7-10)18(22)24-17(12)21/h2-8H,1H3. The van der Waals surface area contributed by atoms with Gasteiger partial charge in [0, 0.05) is 16.7 Å². The SMILES string of the molecule is CC1OC(=O)c2ccc(C(=O)c3ccc4c(c3)C(=O)OC4=O)cc21. The summed E-state index contributed by atoms with van der Waals surface area (Å²) in [7, 11) is 0. The Bertz CT molecular complexity index is 956. The first-order valence-electron chi connectivity index (χ1n) is 7.26. The average Bonchev–Trinajstić information content (AvgIpc) is 3.02. The van der Waals surface area contributed by atoms with E-state index < -0.39 is 24.0 Å². The predicted molar refractivity (Wildman–Crippen MR) is 79.9 cm³/mol. The summed E-state index contributed by atoms with van der Waals surface area (Å²) in [5.41, 5.74) is 1.97. The van der Waals surface area contributed by atoms with Crippen molar-refractivity contribution in [1.82, 2.24) is 0 Å². The summed E-state index contributed by atoms with van der Waals surface area (Å²) < 4.78 is 9.62. The molecular formula is C18H10O6. The molecule has 0 spiro atoms. The van der Waals surface area contributed by atoms with Crippen LogP contribution < -0.4 is 0 Å². The summed E-state index contributed by atoms with van der Waals surface area (Å²) in [6.45, 7) is 1.73. The summed E-state index contributed by atoms with van der Waals surface area (Å²) in [6, 6.07) is 8.93. The van der Waals surface area contributed by atoms with Gasteiger partial charge in [-0.25, -0.2) is 14.4 Å². The molecule has 0 saturated carbocycles. The molecule has 0 aliphatic carbocycles. The first kappa shape index (κ1) is 14.3. The molecule has 2 aromatic rings. The Balaban J connectivity index is 1.74. The number of hydrogen-bond acceptors (Lipinski definition) is 6. The third-order valence-electron chi connectivity index (χ3n) is 4.16. The zero-order chi connectivity index (χ0) is 17.0. The van der Waals surface area contributed by atoms with E-state index in [2.05, 4.69) is 4.74 Å². The van der Waals surface area contributed by atoms with Crippen molar-refractivity contribution in [2.75, 3.05) is 0 Å². The maximum absolute atomic E-state index is 12.7. The Kier molecular flexibility index (Phi) is 2.90. The summed E-state index contributed by atoms with van der Waals surface area (Å²) in [5.74, 6) is -2.20. The second-order valence-corrected chi connectivity index (χ2v) is 5.62. The van der Waals surface area contributed by atoms with Gasteiger partial charge in [0.2, 0.25) is 0 Å². The van der Waals surface area contributed by atoms with Crippen LogP contribution in [0.4, 0.5) is 0 Å². The molecule has 118 valence electrons. The topological polar surface area (TPSA) is 86.7 Å². The Hall–Kier alpha value is -3.28. The van der Waals surface area contributed by atoms with Gasteiger partial charge < -0.3 is 9.47 Å². The molecule has 0 fully saturated rings. The number of carbonyl (C=O) groups is 4. The molecule has 4 rings (SSSR count). The molecule has 6 nitrogen and oxygen atoms in total. The zero-order valence-corrected chi connectivity index (χ0v) is 12.5. The molecule has 0 saturated heterocycles. The molecule has 1 atom stereocenters. The van der Waals surface area contributed by atoms with E-state index >= 15 is 0 Å². The number of carbonyl (C=O) groups excluding carboxylic acids is 4. The molecule has 1 unspecified atom stereocenters. The maximum atomic E-state index is 12.7. The average molecular weight is 322 g/mol. The number of hydrogen-bond donors (Lipinski definition) is 0. The van der Waals surface area contributed by atoms with Crippen molar-refractivity contribution in [3.8, 4) is 0 Å². The van der Waals surface area contributed by atoms with Gasteiger partial charge in [0.05, 0.1) is 16.7 Å². The first-order chi connectivity index (χ1) is 11.5. The minimum atomic E-state index is -0.758. The smallest absolute Gasteiger partial charge is 0.346 e. The lowest BCUT2D eigenvalue weighted by molar-refractivity contribution is 0.0415. The lowest BCUT2D eigenvalue weighted by atomic mass is 9.95. The molecule has 0 aromatic heterocycles. The van der Waals surface area contributed by atoms with E-state index in [1.807, 2.05) is 0 Å². The van der Waals surface area contributed by atoms with Crippen LogP contribution in [0.2, 0.25) is 0 Å². The lowest BCUT2D eigenvalue weighted by Crippen LogP contribution is -2.05. The van der Waals surface area contributed by atoms with Gasteiger partial charge >= 0.3 is 17.9 Å². The quantitative estimate of drug-likeness (QED) is 0.479. The second kappa shape index (κ2) is 4.86. The van der Waals surface area contributed by atoms with E-state index in [1.165, 1.54) is 24.3 Å². The summed E-state index contributed by atoms with van der Waals surface area (Å²) >= 11 is 0. The highest BCUT2D eigenvalue weighted by molar-refractivity contribution is 6.17. The summed E-state index contributed by atoms with van der Waals surface area (Å²) in [6.07, 6.45) is -0.409. The number of benzene rings is 2. The molecule has 2 aliphatic heterocycles. The Labute approximate surface area is 136 Å². The van der Waals surface area contributed by atoms with Crippen molar-refractivity contribution in [2.24, 2.45) is 0 Å². The number of rotatable bonds is 2. The van der Waals surface area contributed by atoms with Crippen molar-refractivity contribution in [3.63, 3.8) is 0 Å². The van der Waals surface area contributed by atoms with Crippen LogP contribution in [0, 0.1) is 0 Å². The number of cyclic esters (lactones) is 3. The first-order valence-corrected chi connectivity index (χ1v) is 7.26. The highest BCUT2D eigenvalue weighted by Gasteiger charge is 2.31. The van der Waals surface area contributed by atoms with Gasteiger partial charge in [-0.3, -0.25) is 4.79 Å². The van der Waals surface area contributed by atoms with Crippen molar-refractivity contribution in [3.05, 3.63) is 69.8 Å². The van der Waals surface area contributed by atoms with Crippen LogP contribution in [0.25, 0.3) is 0 Å². The minimum absolute atomic E-state index is 0.0823. The lowest BCUT2D eigenvalue weighted by Gasteiger charge is -2.06. The van der Waals surface area contributed by atoms with Crippen LogP contribution >= 0.6 is 0 Å². The van der Waals surface area contributed by atoms with E-state index in [0.29, 0.717) is 16.7 Å². The van der Waals surface area contributed by atoms with Crippen molar-refractivity contribution < 1.29 is 28.7 Å². The van der Waals surface area contributed by atoms with Crippen LogP contribution in [0.15, 0.2) is 36.4 Å². The molecule has 0 radical (unpaired) electrons. The van der Waals surface area contributed by atoms with Gasteiger partial charge in [-0.05, 0) is 31.2 Å². The fourth-order valence-electron chi connectivity index (χ4n) is 2.91. The van der Waals surface area contributed by atoms with E-state index in [4.69, 9.17) is 4.74 Å². The third-order valence-corrected chi connectivity index (χ3v) is 4.16. The van der Waals surface area contributed by atoms with E-state index in [9.17, 15) is 19.2 Å². The molecule has 0 N–H and O–H groups in total. The van der Waals surface area contributed by atoms with Crippen molar-refractivity contribution in [1.29, 1.82) is 0 Å². The monoisotopic (exact) mass is 322 g/mol. The van der Waals surface area contributed by atoms with E-state index in [1.54, 1.807) is 19.1 Å². The maximum Gasteiger partial charge on any atom is 0.346 e. The molecule has 2 heterocycles. The van der Waals surface area contributed by atoms with Crippen LogP contribution in [-0.4, -0.2) is 23.7 Å². The fourth-order valence-corrected chi connectivity index (χ4v) is 2.91. The van der Waals surface area contributed by atoms with Gasteiger partial charge in [0.15, 0.2) is 5.78 Å². The van der Waals surface area contributed by atoms with Crippen molar-refractivity contribution >= 4 is 23.7 Å². The van der Waals surface area contributed by atoms with Crippen LogP contribution in [0.5, 0.6) is 0 Å². The van der Waals surface area contributed by atoms with Crippen LogP contribution in [0.1, 0.15) is 65.6 Å². The third kappa shape index (κ3) is 1.96. The largest absolute Gasteiger partial charge is 0.454 e. The Morgan fingerprint density at radius 1 is 0.833 bits per heavy atom. The van der Waals surface area contributed by atoms with Crippen LogP contribution in [0.3, 0.4) is 0 Å². The van der Waals surface area contributed by atoms with Crippen LogP contribution in [-0.2, 0) is 9.47 Å². The van der Waals surface area contributed by atoms with Gasteiger partial charge in [-0.15, -0.1) is 0 Å². The number of esters is 3. The normalized spacial score (nSPS) is 18.0. The van der Waals surface area contributed by atoms with E-state index in [0.717, 1.165) is 0 Å². The van der Waals surface area contributed by atoms with Gasteiger partial charge in [0.25, 0.3) is 0 Å².